The fraction of sp³-hybridized carbons (Fsp3) is 0.312. The van der Waals surface area contributed by atoms with Crippen LogP contribution in [0.5, 0.6) is 0 Å². The van der Waals surface area contributed by atoms with Gasteiger partial charge >= 0.3 is 0 Å². The van der Waals surface area contributed by atoms with Crippen LogP contribution in [0.3, 0.4) is 0 Å². The van der Waals surface area contributed by atoms with Crippen molar-refractivity contribution in [2.75, 3.05) is 18.9 Å². The average Bonchev–Trinajstić information content (AvgIpc) is 3.34. The molecule has 0 spiro atoms. The van der Waals surface area contributed by atoms with Gasteiger partial charge in [0, 0.05) is 26.0 Å². The minimum Gasteiger partial charge on any atom is -0.360 e. The fourth-order valence-electron chi connectivity index (χ4n) is 2.18. The van der Waals surface area contributed by atoms with Gasteiger partial charge in [0.2, 0.25) is 23.5 Å². The highest BCUT2D eigenvalue weighted by Crippen LogP contribution is 2.21. The molecule has 3 aromatic heterocycles. The second kappa shape index (κ2) is 7.91. The number of rotatable bonds is 7. The van der Waals surface area contributed by atoms with Crippen LogP contribution in [0.1, 0.15) is 18.1 Å². The van der Waals surface area contributed by atoms with E-state index >= 15 is 0 Å². The molecule has 0 saturated carbocycles. The Balaban J connectivity index is 1.46. The number of amides is 2. The number of aromatic nitrogens is 3. The Labute approximate surface area is 153 Å². The summed E-state index contributed by atoms with van der Waals surface area (Å²) in [7, 11) is 1.56. The number of aryl methyl sites for hydroxylation is 2. The number of likely N-dealkylation sites (N-methyl/N-ethyl adjacent to an activating group) is 1. The molecule has 0 radical (unpaired) electrons. The predicted octanol–water partition coefficient (Wildman–Crippen LogP) is 2.12. The van der Waals surface area contributed by atoms with Crippen LogP contribution in [-0.4, -0.2) is 45.6 Å². The largest absolute Gasteiger partial charge is 0.360 e. The zero-order chi connectivity index (χ0) is 18.5. The first-order valence-corrected chi connectivity index (χ1v) is 8.73. The third-order valence-corrected chi connectivity index (χ3v) is 4.33. The Kier molecular flexibility index (Phi) is 5.42. The molecule has 1 N–H and O–H groups in total. The summed E-state index contributed by atoms with van der Waals surface area (Å²) in [5.41, 5.74) is 0. The van der Waals surface area contributed by atoms with Crippen molar-refractivity contribution in [1.29, 1.82) is 0 Å². The van der Waals surface area contributed by atoms with E-state index in [-0.39, 0.29) is 24.8 Å². The topological polar surface area (TPSA) is 114 Å². The maximum Gasteiger partial charge on any atom is 0.245 e. The Morgan fingerprint density at radius 1 is 1.31 bits per heavy atom. The molecule has 3 aromatic rings. The minimum absolute atomic E-state index is 0.0883. The Morgan fingerprint density at radius 2 is 2.15 bits per heavy atom. The number of anilines is 1. The first-order chi connectivity index (χ1) is 12.5. The van der Waals surface area contributed by atoms with E-state index in [2.05, 4.69) is 20.6 Å². The Morgan fingerprint density at radius 3 is 2.85 bits per heavy atom. The van der Waals surface area contributed by atoms with Gasteiger partial charge in [0.25, 0.3) is 0 Å². The van der Waals surface area contributed by atoms with Gasteiger partial charge < -0.3 is 19.3 Å². The van der Waals surface area contributed by atoms with E-state index in [0.29, 0.717) is 29.7 Å². The van der Waals surface area contributed by atoms with Gasteiger partial charge in [-0.25, -0.2) is 0 Å². The molecule has 10 heteroatoms. The van der Waals surface area contributed by atoms with Crippen molar-refractivity contribution >= 4 is 29.0 Å². The highest BCUT2D eigenvalue weighted by molar-refractivity contribution is 7.13. The minimum atomic E-state index is -0.355. The molecule has 0 fully saturated rings. The summed E-state index contributed by atoms with van der Waals surface area (Å²) in [4.78, 5) is 30.6. The van der Waals surface area contributed by atoms with Crippen molar-refractivity contribution in [1.82, 2.24) is 20.2 Å². The van der Waals surface area contributed by atoms with Crippen molar-refractivity contribution in [2.24, 2.45) is 0 Å². The van der Waals surface area contributed by atoms with Gasteiger partial charge in [0.1, 0.15) is 5.76 Å². The summed E-state index contributed by atoms with van der Waals surface area (Å²) < 4.78 is 10.0. The van der Waals surface area contributed by atoms with Gasteiger partial charge in [-0.1, -0.05) is 16.4 Å². The summed E-state index contributed by atoms with van der Waals surface area (Å²) in [6.45, 7) is 1.63. The van der Waals surface area contributed by atoms with Crippen LogP contribution >= 0.6 is 11.3 Å². The maximum absolute atomic E-state index is 12.2. The molecule has 0 unspecified atom stereocenters. The van der Waals surface area contributed by atoms with E-state index < -0.39 is 0 Å². The molecule has 0 bridgehead atoms. The molecule has 0 aliphatic rings. The molecule has 3 rings (SSSR count). The number of hydrogen-bond acceptors (Lipinski definition) is 8. The van der Waals surface area contributed by atoms with Crippen molar-refractivity contribution in [3.05, 3.63) is 35.2 Å². The lowest BCUT2D eigenvalue weighted by atomic mass is 10.2. The number of thiophene rings is 1. The first-order valence-electron chi connectivity index (χ1n) is 7.85. The molecule has 0 aliphatic carbocycles. The average molecular weight is 375 g/mol. The summed E-state index contributed by atoms with van der Waals surface area (Å²) in [5, 5.41) is 12.1. The van der Waals surface area contributed by atoms with Crippen molar-refractivity contribution in [2.45, 2.75) is 19.8 Å². The van der Waals surface area contributed by atoms with E-state index in [4.69, 9.17) is 9.05 Å². The molecular weight excluding hydrogens is 358 g/mol. The molecule has 9 nitrogen and oxygen atoms in total. The lowest BCUT2D eigenvalue weighted by Gasteiger charge is -2.15. The monoisotopic (exact) mass is 375 g/mol. The highest BCUT2D eigenvalue weighted by Gasteiger charge is 2.16. The van der Waals surface area contributed by atoms with E-state index in [1.165, 1.54) is 16.2 Å². The van der Waals surface area contributed by atoms with Crippen LogP contribution in [0, 0.1) is 6.92 Å². The van der Waals surface area contributed by atoms with E-state index in [9.17, 15) is 9.59 Å². The SMILES string of the molecule is Cc1cc(NC(=O)CN(C)C(=O)CCc2nc(-c3cccs3)no2)no1. The number of nitrogens with one attached hydrogen (secondary N) is 1. The molecule has 0 saturated heterocycles. The number of hydrogen-bond donors (Lipinski definition) is 1. The summed E-state index contributed by atoms with van der Waals surface area (Å²) in [5.74, 6) is 1.25. The Bertz CT molecular complexity index is 886. The van der Waals surface area contributed by atoms with Gasteiger partial charge in [0.15, 0.2) is 5.82 Å². The van der Waals surface area contributed by atoms with Crippen LogP contribution in [0.4, 0.5) is 5.82 Å². The van der Waals surface area contributed by atoms with Crippen LogP contribution in [0.15, 0.2) is 32.6 Å². The van der Waals surface area contributed by atoms with E-state index in [0.717, 1.165) is 4.88 Å². The first kappa shape index (κ1) is 17.8. The van der Waals surface area contributed by atoms with Gasteiger partial charge in [0.05, 0.1) is 11.4 Å². The van der Waals surface area contributed by atoms with Crippen molar-refractivity contribution in [3.63, 3.8) is 0 Å². The number of carbonyl (C=O) groups excluding carboxylic acids is 2. The lowest BCUT2D eigenvalue weighted by Crippen LogP contribution is -2.35. The van der Waals surface area contributed by atoms with Gasteiger partial charge in [-0.2, -0.15) is 4.98 Å². The van der Waals surface area contributed by atoms with Crippen molar-refractivity contribution < 1.29 is 18.6 Å². The maximum atomic E-state index is 12.2. The third-order valence-electron chi connectivity index (χ3n) is 3.46. The molecular formula is C16H17N5O4S. The standard InChI is InChI=1S/C16H17N5O4S/c1-10-8-12(19-24-10)17-13(22)9-21(2)15(23)6-5-14-18-16(20-25-14)11-4-3-7-26-11/h3-4,7-8H,5-6,9H2,1-2H3,(H,17,19,22). The molecule has 3 heterocycles. The molecule has 0 aliphatic heterocycles. The quantitative estimate of drug-likeness (QED) is 0.672. The number of carbonyl (C=O) groups is 2. The van der Waals surface area contributed by atoms with Crippen LogP contribution < -0.4 is 5.32 Å². The summed E-state index contributed by atoms with van der Waals surface area (Å²) >= 11 is 1.51. The molecule has 0 aromatic carbocycles. The molecule has 2 amide bonds. The van der Waals surface area contributed by atoms with Crippen molar-refractivity contribution in [3.8, 4) is 10.7 Å². The number of nitrogens with zero attached hydrogens (tertiary/aromatic N) is 4. The lowest BCUT2D eigenvalue weighted by molar-refractivity contribution is -0.133. The fourth-order valence-corrected chi connectivity index (χ4v) is 2.83. The normalized spacial score (nSPS) is 10.7. The molecule has 136 valence electrons. The zero-order valence-corrected chi connectivity index (χ0v) is 15.1. The predicted molar refractivity (Wildman–Crippen MR) is 93.4 cm³/mol. The second-order valence-electron chi connectivity index (χ2n) is 5.61. The highest BCUT2D eigenvalue weighted by atomic mass is 32.1. The smallest absolute Gasteiger partial charge is 0.245 e. The summed E-state index contributed by atoms with van der Waals surface area (Å²) in [6.07, 6.45) is 0.477. The van der Waals surface area contributed by atoms with Crippen LogP contribution in [0.2, 0.25) is 0 Å². The summed E-state index contributed by atoms with van der Waals surface area (Å²) in [6, 6.07) is 5.40. The molecule has 26 heavy (non-hydrogen) atoms. The van der Waals surface area contributed by atoms with Gasteiger partial charge in [-0.15, -0.1) is 11.3 Å². The molecule has 0 atom stereocenters. The van der Waals surface area contributed by atoms with Crippen LogP contribution in [0.25, 0.3) is 10.7 Å². The second-order valence-corrected chi connectivity index (χ2v) is 6.56. The zero-order valence-electron chi connectivity index (χ0n) is 14.3. The van der Waals surface area contributed by atoms with E-state index in [1.807, 2.05) is 17.5 Å². The van der Waals surface area contributed by atoms with Gasteiger partial charge in [-0.3, -0.25) is 9.59 Å². The third kappa shape index (κ3) is 4.54. The van der Waals surface area contributed by atoms with Crippen LogP contribution in [-0.2, 0) is 16.0 Å². The Hall–Kier alpha value is -3.01. The van der Waals surface area contributed by atoms with Gasteiger partial charge in [-0.05, 0) is 18.4 Å². The van der Waals surface area contributed by atoms with E-state index in [1.54, 1.807) is 20.0 Å².